The third-order valence-corrected chi connectivity index (χ3v) is 3.84. The van der Waals surface area contributed by atoms with Gasteiger partial charge in [-0.05, 0) is 42.8 Å². The number of methoxy groups -OCH3 is 1. The van der Waals surface area contributed by atoms with Crippen LogP contribution in [0.2, 0.25) is 5.02 Å². The van der Waals surface area contributed by atoms with Crippen molar-refractivity contribution in [3.63, 3.8) is 0 Å². The fourth-order valence-electron chi connectivity index (χ4n) is 2.55. The standard InChI is InChI=1S/C17H16ClNO/c1-12-10-15-16(4-3-5-17(15)20-2)19(12)11-13-6-8-14(18)9-7-13/h3-10H,11H2,1-2H3. The minimum absolute atomic E-state index is 0.768. The number of halogens is 1. The van der Waals surface area contributed by atoms with Crippen LogP contribution in [0.15, 0.2) is 48.5 Å². The van der Waals surface area contributed by atoms with Crippen molar-refractivity contribution >= 4 is 22.5 Å². The molecule has 1 heterocycles. The Balaban J connectivity index is 2.07. The number of hydrogen-bond acceptors (Lipinski definition) is 1. The first-order valence-corrected chi connectivity index (χ1v) is 6.94. The summed E-state index contributed by atoms with van der Waals surface area (Å²) in [6, 6.07) is 16.3. The van der Waals surface area contributed by atoms with Gasteiger partial charge in [0.1, 0.15) is 5.75 Å². The number of benzene rings is 2. The molecular formula is C17H16ClNO. The fourth-order valence-corrected chi connectivity index (χ4v) is 2.68. The second-order valence-electron chi connectivity index (χ2n) is 4.89. The SMILES string of the molecule is COc1cccc2c1cc(C)n2Cc1ccc(Cl)cc1. The van der Waals surface area contributed by atoms with Crippen LogP contribution in [0.25, 0.3) is 10.9 Å². The van der Waals surface area contributed by atoms with Crippen molar-refractivity contribution < 1.29 is 4.74 Å². The number of aromatic nitrogens is 1. The maximum atomic E-state index is 5.94. The van der Waals surface area contributed by atoms with E-state index in [-0.39, 0.29) is 0 Å². The maximum absolute atomic E-state index is 5.94. The molecule has 0 atom stereocenters. The zero-order valence-electron chi connectivity index (χ0n) is 11.6. The number of hydrogen-bond donors (Lipinski definition) is 0. The van der Waals surface area contributed by atoms with Gasteiger partial charge in [0.2, 0.25) is 0 Å². The summed E-state index contributed by atoms with van der Waals surface area (Å²) in [7, 11) is 1.71. The molecule has 0 fully saturated rings. The smallest absolute Gasteiger partial charge is 0.128 e. The molecule has 0 aliphatic carbocycles. The van der Waals surface area contributed by atoms with Gasteiger partial charge in [-0.15, -0.1) is 0 Å². The van der Waals surface area contributed by atoms with E-state index < -0.39 is 0 Å². The van der Waals surface area contributed by atoms with E-state index in [1.807, 2.05) is 24.3 Å². The average Bonchev–Trinajstić information content (AvgIpc) is 2.77. The summed E-state index contributed by atoms with van der Waals surface area (Å²) in [5.41, 5.74) is 3.65. The lowest BCUT2D eigenvalue weighted by atomic mass is 10.2. The molecule has 0 radical (unpaired) electrons. The van der Waals surface area contributed by atoms with E-state index in [0.717, 1.165) is 22.7 Å². The second kappa shape index (κ2) is 5.22. The zero-order valence-corrected chi connectivity index (χ0v) is 12.3. The molecule has 0 aliphatic heterocycles. The first-order chi connectivity index (χ1) is 9.69. The van der Waals surface area contributed by atoms with Gasteiger partial charge in [0.15, 0.2) is 0 Å². The van der Waals surface area contributed by atoms with Gasteiger partial charge in [0.05, 0.1) is 12.6 Å². The van der Waals surface area contributed by atoms with E-state index in [4.69, 9.17) is 16.3 Å². The lowest BCUT2D eigenvalue weighted by Gasteiger charge is -2.09. The molecule has 0 N–H and O–H groups in total. The van der Waals surface area contributed by atoms with Crippen LogP contribution < -0.4 is 4.74 Å². The molecule has 20 heavy (non-hydrogen) atoms. The highest BCUT2D eigenvalue weighted by molar-refractivity contribution is 6.30. The predicted octanol–water partition coefficient (Wildman–Crippen LogP) is 4.66. The normalized spacial score (nSPS) is 10.9. The molecule has 102 valence electrons. The van der Waals surface area contributed by atoms with Gasteiger partial charge in [0, 0.05) is 22.6 Å². The first kappa shape index (κ1) is 13.1. The zero-order chi connectivity index (χ0) is 14.1. The van der Waals surface area contributed by atoms with E-state index in [1.54, 1.807) is 7.11 Å². The Morgan fingerprint density at radius 3 is 2.55 bits per heavy atom. The summed E-state index contributed by atoms with van der Waals surface area (Å²) in [5.74, 6) is 0.917. The molecule has 0 bridgehead atoms. The molecule has 0 spiro atoms. The molecule has 0 saturated carbocycles. The highest BCUT2D eigenvalue weighted by Gasteiger charge is 2.09. The first-order valence-electron chi connectivity index (χ1n) is 6.56. The number of ether oxygens (including phenoxy) is 1. The minimum atomic E-state index is 0.768. The Kier molecular flexibility index (Phi) is 3.41. The van der Waals surface area contributed by atoms with Gasteiger partial charge >= 0.3 is 0 Å². The van der Waals surface area contributed by atoms with Gasteiger partial charge in [-0.3, -0.25) is 0 Å². The highest BCUT2D eigenvalue weighted by atomic mass is 35.5. The van der Waals surface area contributed by atoms with Gasteiger partial charge in [0.25, 0.3) is 0 Å². The number of nitrogens with zero attached hydrogens (tertiary/aromatic N) is 1. The predicted molar refractivity (Wildman–Crippen MR) is 83.8 cm³/mol. The average molecular weight is 286 g/mol. The molecule has 3 rings (SSSR count). The van der Waals surface area contributed by atoms with E-state index in [9.17, 15) is 0 Å². The fraction of sp³-hybridized carbons (Fsp3) is 0.176. The van der Waals surface area contributed by atoms with Crippen molar-refractivity contribution in [2.75, 3.05) is 7.11 Å². The maximum Gasteiger partial charge on any atom is 0.128 e. The summed E-state index contributed by atoms with van der Waals surface area (Å²) < 4.78 is 7.72. The third kappa shape index (κ3) is 2.27. The van der Waals surface area contributed by atoms with E-state index in [0.29, 0.717) is 0 Å². The van der Waals surface area contributed by atoms with Gasteiger partial charge in [-0.25, -0.2) is 0 Å². The molecule has 2 aromatic carbocycles. The van der Waals surface area contributed by atoms with Crippen molar-refractivity contribution in [2.24, 2.45) is 0 Å². The Morgan fingerprint density at radius 2 is 1.85 bits per heavy atom. The van der Waals surface area contributed by atoms with Crippen LogP contribution in [0, 0.1) is 6.92 Å². The molecule has 3 aromatic rings. The summed E-state index contributed by atoms with van der Waals surface area (Å²) in [6.45, 7) is 2.95. The lowest BCUT2D eigenvalue weighted by Crippen LogP contribution is -2.01. The third-order valence-electron chi connectivity index (χ3n) is 3.59. The molecule has 0 saturated heterocycles. The van der Waals surface area contributed by atoms with Crippen LogP contribution in [0.1, 0.15) is 11.3 Å². The van der Waals surface area contributed by atoms with Crippen LogP contribution >= 0.6 is 11.6 Å². The molecule has 3 heteroatoms. The van der Waals surface area contributed by atoms with Crippen LogP contribution in [-0.4, -0.2) is 11.7 Å². The number of aryl methyl sites for hydroxylation is 1. The van der Waals surface area contributed by atoms with Crippen LogP contribution in [-0.2, 0) is 6.54 Å². The van der Waals surface area contributed by atoms with E-state index in [2.05, 4.69) is 35.8 Å². The summed E-state index contributed by atoms with van der Waals surface area (Å²) in [6.07, 6.45) is 0. The quantitative estimate of drug-likeness (QED) is 0.683. The summed E-state index contributed by atoms with van der Waals surface area (Å²) in [5, 5.41) is 1.92. The van der Waals surface area contributed by atoms with Crippen molar-refractivity contribution in [2.45, 2.75) is 13.5 Å². The molecule has 0 aliphatic rings. The van der Waals surface area contributed by atoms with E-state index >= 15 is 0 Å². The molecule has 1 aromatic heterocycles. The van der Waals surface area contributed by atoms with Crippen LogP contribution in [0.5, 0.6) is 5.75 Å². The highest BCUT2D eigenvalue weighted by Crippen LogP contribution is 2.29. The Hall–Kier alpha value is -1.93. The molecule has 0 unspecified atom stereocenters. The summed E-state index contributed by atoms with van der Waals surface area (Å²) in [4.78, 5) is 0. The number of fused-ring (bicyclic) bond motifs is 1. The van der Waals surface area contributed by atoms with E-state index in [1.165, 1.54) is 16.8 Å². The van der Waals surface area contributed by atoms with Gasteiger partial charge in [-0.2, -0.15) is 0 Å². The number of rotatable bonds is 3. The Bertz CT molecular complexity index is 744. The summed E-state index contributed by atoms with van der Waals surface area (Å²) >= 11 is 5.94. The molecule has 2 nitrogen and oxygen atoms in total. The Morgan fingerprint density at radius 1 is 1.10 bits per heavy atom. The van der Waals surface area contributed by atoms with Crippen molar-refractivity contribution in [3.8, 4) is 5.75 Å². The van der Waals surface area contributed by atoms with Crippen molar-refractivity contribution in [1.82, 2.24) is 4.57 Å². The monoisotopic (exact) mass is 285 g/mol. The minimum Gasteiger partial charge on any atom is -0.496 e. The second-order valence-corrected chi connectivity index (χ2v) is 5.33. The van der Waals surface area contributed by atoms with Gasteiger partial charge < -0.3 is 9.30 Å². The van der Waals surface area contributed by atoms with Crippen molar-refractivity contribution in [1.29, 1.82) is 0 Å². The molecule has 0 amide bonds. The largest absolute Gasteiger partial charge is 0.496 e. The van der Waals surface area contributed by atoms with Gasteiger partial charge in [-0.1, -0.05) is 29.8 Å². The van der Waals surface area contributed by atoms with Crippen LogP contribution in [0.4, 0.5) is 0 Å². The van der Waals surface area contributed by atoms with Crippen molar-refractivity contribution in [3.05, 3.63) is 64.8 Å². The van der Waals surface area contributed by atoms with Crippen LogP contribution in [0.3, 0.4) is 0 Å². The lowest BCUT2D eigenvalue weighted by molar-refractivity contribution is 0.420. The topological polar surface area (TPSA) is 14.2 Å². The molecular weight excluding hydrogens is 270 g/mol. The Labute approximate surface area is 123 Å².